The van der Waals surface area contributed by atoms with E-state index in [0.717, 1.165) is 34.4 Å². The van der Waals surface area contributed by atoms with Crippen molar-refractivity contribution in [3.63, 3.8) is 0 Å². The van der Waals surface area contributed by atoms with E-state index in [9.17, 15) is 9.90 Å². The number of anilines is 1. The summed E-state index contributed by atoms with van der Waals surface area (Å²) in [6.45, 7) is 4.01. The largest absolute Gasteiger partial charge is 0.391 e. The Bertz CT molecular complexity index is 1080. The lowest BCUT2D eigenvalue weighted by Crippen LogP contribution is -2.41. The number of carbonyl (C=O) groups is 1. The summed E-state index contributed by atoms with van der Waals surface area (Å²) in [5, 5.41) is 13.3. The van der Waals surface area contributed by atoms with Gasteiger partial charge in [-0.2, -0.15) is 0 Å². The van der Waals surface area contributed by atoms with E-state index in [4.69, 9.17) is 20.4 Å². The number of morpholine rings is 1. The number of rotatable bonds is 5. The second-order valence-electron chi connectivity index (χ2n) is 8.01. The summed E-state index contributed by atoms with van der Waals surface area (Å²) < 4.78 is 5.45. The van der Waals surface area contributed by atoms with E-state index >= 15 is 0 Å². The fourth-order valence-corrected chi connectivity index (χ4v) is 5.31. The van der Waals surface area contributed by atoms with Crippen LogP contribution in [0.15, 0.2) is 35.7 Å². The van der Waals surface area contributed by atoms with Gasteiger partial charge in [0.2, 0.25) is 5.91 Å². The lowest BCUT2D eigenvalue weighted by molar-refractivity contribution is -0.119. The molecule has 2 fully saturated rings. The highest BCUT2D eigenvalue weighted by Crippen LogP contribution is 2.40. The minimum Gasteiger partial charge on any atom is -0.391 e. The van der Waals surface area contributed by atoms with Gasteiger partial charge in [-0.25, -0.2) is 9.97 Å². The Labute approximate surface area is 184 Å². The van der Waals surface area contributed by atoms with E-state index in [1.165, 1.54) is 0 Å². The van der Waals surface area contributed by atoms with Gasteiger partial charge in [-0.1, -0.05) is 30.3 Å². The molecule has 31 heavy (non-hydrogen) atoms. The van der Waals surface area contributed by atoms with E-state index < -0.39 is 18.1 Å². The maximum Gasteiger partial charge on any atom is 0.240 e. The first-order valence-electron chi connectivity index (χ1n) is 10.5. The summed E-state index contributed by atoms with van der Waals surface area (Å²) in [4.78, 5) is 26.9. The maximum absolute atomic E-state index is 12.2. The number of carbonyl (C=O) groups excluding carboxylic acids is 1. The van der Waals surface area contributed by atoms with Crippen LogP contribution in [-0.4, -0.2) is 70.9 Å². The zero-order valence-corrected chi connectivity index (χ0v) is 17.9. The third kappa shape index (κ3) is 4.01. The van der Waals surface area contributed by atoms with Crippen LogP contribution in [-0.2, 0) is 16.1 Å². The van der Waals surface area contributed by atoms with Gasteiger partial charge in [0.25, 0.3) is 0 Å². The monoisotopic (exact) mass is 439 g/mol. The van der Waals surface area contributed by atoms with Gasteiger partial charge in [0.05, 0.1) is 31.2 Å². The average molecular weight is 440 g/mol. The first kappa shape index (κ1) is 20.3. The molecule has 0 unspecified atom stereocenters. The summed E-state index contributed by atoms with van der Waals surface area (Å²) in [6.07, 6.45) is -0.311. The van der Waals surface area contributed by atoms with E-state index in [2.05, 4.69) is 22.4 Å². The van der Waals surface area contributed by atoms with Gasteiger partial charge in [0.15, 0.2) is 0 Å². The number of thiophene rings is 1. The van der Waals surface area contributed by atoms with E-state index in [1.54, 1.807) is 11.3 Å². The normalized spacial score (nSPS) is 22.3. The molecule has 1 amide bonds. The smallest absolute Gasteiger partial charge is 0.240 e. The number of nitrogens with zero attached hydrogens (tertiary/aromatic N) is 4. The predicted octanol–water partition coefficient (Wildman–Crippen LogP) is 1.62. The molecule has 3 N–H and O–H groups in total. The molecule has 0 radical (unpaired) electrons. The molecule has 2 atom stereocenters. The molecule has 0 aliphatic carbocycles. The van der Waals surface area contributed by atoms with Crippen molar-refractivity contribution in [2.75, 3.05) is 37.7 Å². The summed E-state index contributed by atoms with van der Waals surface area (Å²) in [6, 6.07) is 9.49. The molecule has 9 heteroatoms. The highest BCUT2D eigenvalue weighted by Gasteiger charge is 2.37. The Morgan fingerprint density at radius 3 is 2.74 bits per heavy atom. The Balaban J connectivity index is 1.63. The second kappa shape index (κ2) is 8.51. The number of fused-ring (bicyclic) bond motifs is 1. The Hall–Kier alpha value is -2.59. The summed E-state index contributed by atoms with van der Waals surface area (Å²) in [5.74, 6) is 0.929. The highest BCUT2D eigenvalue weighted by molar-refractivity contribution is 7.17. The number of amides is 1. The van der Waals surface area contributed by atoms with Crippen LogP contribution < -0.4 is 10.6 Å². The SMILES string of the molecule is NC(=O)[C@@H]1C[C@@H](O)CN1c1nc(CN2CCOCC2)nc2scc(-c3ccccc3)c12. The van der Waals surface area contributed by atoms with Gasteiger partial charge < -0.3 is 20.5 Å². The third-order valence-electron chi connectivity index (χ3n) is 5.89. The average Bonchev–Trinajstić information content (AvgIpc) is 3.38. The topological polar surface area (TPSA) is 105 Å². The quantitative estimate of drug-likeness (QED) is 0.622. The number of aromatic nitrogens is 2. The number of benzene rings is 1. The molecule has 4 heterocycles. The minimum atomic E-state index is -0.621. The third-order valence-corrected chi connectivity index (χ3v) is 6.77. The van der Waals surface area contributed by atoms with Crippen molar-refractivity contribution in [2.45, 2.75) is 25.1 Å². The molecule has 162 valence electrons. The zero-order valence-electron chi connectivity index (χ0n) is 17.1. The lowest BCUT2D eigenvalue weighted by Gasteiger charge is -2.27. The van der Waals surface area contributed by atoms with Gasteiger partial charge in [0, 0.05) is 37.0 Å². The predicted molar refractivity (Wildman–Crippen MR) is 120 cm³/mol. The molecule has 1 aromatic carbocycles. The molecular formula is C22H25N5O3S. The Kier molecular flexibility index (Phi) is 5.58. The number of aliphatic hydroxyl groups excluding tert-OH is 1. The van der Waals surface area contributed by atoms with Gasteiger partial charge in [-0.15, -0.1) is 11.3 Å². The van der Waals surface area contributed by atoms with Crippen molar-refractivity contribution in [1.29, 1.82) is 0 Å². The van der Waals surface area contributed by atoms with Gasteiger partial charge >= 0.3 is 0 Å². The van der Waals surface area contributed by atoms with Crippen molar-refractivity contribution >= 4 is 33.3 Å². The van der Waals surface area contributed by atoms with Crippen LogP contribution in [0.25, 0.3) is 21.3 Å². The molecule has 5 rings (SSSR count). The van der Waals surface area contributed by atoms with Crippen LogP contribution >= 0.6 is 11.3 Å². The van der Waals surface area contributed by atoms with Crippen LogP contribution in [0.3, 0.4) is 0 Å². The van der Waals surface area contributed by atoms with E-state index in [1.807, 2.05) is 23.1 Å². The molecule has 2 aromatic heterocycles. The van der Waals surface area contributed by atoms with Crippen molar-refractivity contribution in [3.8, 4) is 11.1 Å². The van der Waals surface area contributed by atoms with Crippen molar-refractivity contribution < 1.29 is 14.6 Å². The molecule has 0 saturated carbocycles. The van der Waals surface area contributed by atoms with Crippen molar-refractivity contribution in [1.82, 2.24) is 14.9 Å². The highest BCUT2D eigenvalue weighted by atomic mass is 32.1. The molecule has 0 spiro atoms. The first-order chi connectivity index (χ1) is 15.1. The molecule has 3 aromatic rings. The van der Waals surface area contributed by atoms with Crippen LogP contribution in [0.2, 0.25) is 0 Å². The summed E-state index contributed by atoms with van der Waals surface area (Å²) >= 11 is 1.57. The van der Waals surface area contributed by atoms with Crippen LogP contribution in [0.5, 0.6) is 0 Å². The molecule has 2 aliphatic heterocycles. The lowest BCUT2D eigenvalue weighted by atomic mass is 10.1. The molecule has 2 saturated heterocycles. The Morgan fingerprint density at radius 2 is 2.00 bits per heavy atom. The molecule has 0 bridgehead atoms. The number of β-amino-alcohol motifs (C(OH)–C–C–N with tert-alkyl or cyclic N) is 1. The number of hydrogen-bond acceptors (Lipinski definition) is 8. The maximum atomic E-state index is 12.2. The zero-order chi connectivity index (χ0) is 21.4. The second-order valence-corrected chi connectivity index (χ2v) is 8.87. The first-order valence-corrected chi connectivity index (χ1v) is 11.4. The number of ether oxygens (including phenoxy) is 1. The van der Waals surface area contributed by atoms with E-state index in [-0.39, 0.29) is 0 Å². The minimum absolute atomic E-state index is 0.310. The number of primary amides is 1. The molecule has 2 aliphatic rings. The summed E-state index contributed by atoms with van der Waals surface area (Å²) in [7, 11) is 0. The number of nitrogens with two attached hydrogens (primary N) is 1. The van der Waals surface area contributed by atoms with Crippen LogP contribution in [0.1, 0.15) is 12.2 Å². The van der Waals surface area contributed by atoms with Crippen LogP contribution in [0, 0.1) is 0 Å². The molecule has 8 nitrogen and oxygen atoms in total. The number of aliphatic hydroxyl groups is 1. The van der Waals surface area contributed by atoms with Crippen molar-refractivity contribution in [3.05, 3.63) is 41.5 Å². The van der Waals surface area contributed by atoms with Gasteiger partial charge in [0.1, 0.15) is 22.5 Å². The van der Waals surface area contributed by atoms with Crippen LogP contribution in [0.4, 0.5) is 5.82 Å². The van der Waals surface area contributed by atoms with Crippen molar-refractivity contribution in [2.24, 2.45) is 5.73 Å². The Morgan fingerprint density at radius 1 is 1.23 bits per heavy atom. The fourth-order valence-electron chi connectivity index (χ4n) is 4.35. The standard InChI is InChI=1S/C22H25N5O3S/c23-20(29)17-10-15(28)11-27(17)21-19-16(14-4-2-1-3-5-14)13-31-22(19)25-18(24-21)12-26-6-8-30-9-7-26/h1-5,13,15,17,28H,6-12H2,(H2,23,29)/t15-,17+/m1/s1. The molecular weight excluding hydrogens is 414 g/mol. The number of hydrogen-bond donors (Lipinski definition) is 2. The fraction of sp³-hybridized carbons (Fsp3) is 0.409. The van der Waals surface area contributed by atoms with Gasteiger partial charge in [-0.3, -0.25) is 9.69 Å². The van der Waals surface area contributed by atoms with Gasteiger partial charge in [-0.05, 0) is 5.56 Å². The van der Waals surface area contributed by atoms with E-state index in [0.29, 0.717) is 44.4 Å². The summed E-state index contributed by atoms with van der Waals surface area (Å²) in [5.41, 5.74) is 7.78.